The molecular weight excluding hydrogens is 487 g/mol. The number of amides is 1. The summed E-state index contributed by atoms with van der Waals surface area (Å²) < 4.78 is 41.5. The summed E-state index contributed by atoms with van der Waals surface area (Å²) in [6.45, 7) is 3.53. The van der Waals surface area contributed by atoms with Gasteiger partial charge in [0, 0.05) is 29.2 Å². The van der Waals surface area contributed by atoms with Crippen LogP contribution in [0.2, 0.25) is 0 Å². The predicted molar refractivity (Wildman–Crippen MR) is 129 cm³/mol. The molecule has 0 spiro atoms. The number of hydrogen-bond acceptors (Lipinski definition) is 5. The van der Waals surface area contributed by atoms with Crippen molar-refractivity contribution in [1.82, 2.24) is 4.57 Å². The molecule has 2 aromatic carbocycles. The highest BCUT2D eigenvalue weighted by molar-refractivity contribution is 8.27. The molecule has 0 atom stereocenters. The molecule has 1 amide bonds. The van der Waals surface area contributed by atoms with Crippen molar-refractivity contribution in [3.05, 3.63) is 92.1 Å². The molecular formula is C23H16F3N3O3S2. The number of carbonyl (C=O) groups excluding carboxylic acids is 1. The van der Waals surface area contributed by atoms with Crippen molar-refractivity contribution >= 4 is 51.7 Å². The number of nitrogens with zero attached hydrogens (tertiary/aromatic N) is 3. The molecule has 1 saturated heterocycles. The Bertz CT molecular complexity index is 1360. The van der Waals surface area contributed by atoms with Crippen molar-refractivity contribution in [3.63, 3.8) is 0 Å². The molecule has 1 fully saturated rings. The average Bonchev–Trinajstić information content (AvgIpc) is 3.21. The number of carbonyl (C=O) groups is 1. The molecule has 0 saturated carbocycles. The number of benzene rings is 2. The highest BCUT2D eigenvalue weighted by Gasteiger charge is 2.34. The number of thioether (sulfide) groups is 1. The van der Waals surface area contributed by atoms with Crippen molar-refractivity contribution < 1.29 is 22.9 Å². The Morgan fingerprint density at radius 2 is 1.74 bits per heavy atom. The zero-order valence-corrected chi connectivity index (χ0v) is 19.4. The Hall–Kier alpha value is -3.44. The molecule has 0 N–H and O–H groups in total. The van der Waals surface area contributed by atoms with E-state index in [1.807, 2.05) is 0 Å². The van der Waals surface area contributed by atoms with Crippen LogP contribution in [0.3, 0.4) is 0 Å². The van der Waals surface area contributed by atoms with Gasteiger partial charge in [-0.2, -0.15) is 13.2 Å². The Kier molecular flexibility index (Phi) is 6.09. The van der Waals surface area contributed by atoms with Crippen LogP contribution in [0.4, 0.5) is 24.5 Å². The third kappa shape index (κ3) is 4.36. The smallest absolute Gasteiger partial charge is 0.318 e. The van der Waals surface area contributed by atoms with Crippen molar-refractivity contribution in [1.29, 1.82) is 0 Å². The van der Waals surface area contributed by atoms with Crippen LogP contribution in [0.1, 0.15) is 22.5 Å². The first kappa shape index (κ1) is 23.7. The summed E-state index contributed by atoms with van der Waals surface area (Å²) in [5.74, 6) is -0.382. The lowest BCUT2D eigenvalue weighted by Gasteiger charge is -2.14. The zero-order valence-electron chi connectivity index (χ0n) is 17.8. The number of aromatic nitrogens is 1. The van der Waals surface area contributed by atoms with E-state index in [4.69, 9.17) is 12.2 Å². The maximum absolute atomic E-state index is 13.2. The first-order chi connectivity index (χ1) is 16.0. The number of nitro benzene ring substituents is 1. The lowest BCUT2D eigenvalue weighted by atomic mass is 10.2. The summed E-state index contributed by atoms with van der Waals surface area (Å²) in [6.07, 6.45) is -2.81. The van der Waals surface area contributed by atoms with E-state index in [2.05, 4.69) is 0 Å². The molecule has 0 aliphatic carbocycles. The average molecular weight is 504 g/mol. The molecule has 0 unspecified atom stereocenters. The van der Waals surface area contributed by atoms with Crippen molar-refractivity contribution in [2.45, 2.75) is 20.0 Å². The Labute approximate surface area is 201 Å². The van der Waals surface area contributed by atoms with Crippen molar-refractivity contribution in [2.24, 2.45) is 0 Å². The van der Waals surface area contributed by atoms with Crippen molar-refractivity contribution in [3.8, 4) is 5.69 Å². The number of nitro groups is 1. The minimum absolute atomic E-state index is 0.105. The fourth-order valence-electron chi connectivity index (χ4n) is 3.71. The summed E-state index contributed by atoms with van der Waals surface area (Å²) >= 11 is 6.43. The minimum Gasteiger partial charge on any atom is -0.318 e. The van der Waals surface area contributed by atoms with Gasteiger partial charge in [0.05, 0.1) is 21.1 Å². The van der Waals surface area contributed by atoms with Crippen LogP contribution in [0.25, 0.3) is 11.8 Å². The maximum atomic E-state index is 13.2. The van der Waals surface area contributed by atoms with E-state index in [1.165, 1.54) is 35.2 Å². The SMILES string of the molecule is Cc1cc(/C=C2/SC(=S)N(c3ccc([N+](=O)[O-])cc3)C2=O)c(C)n1-c1cccc(C(F)(F)F)c1. The second-order valence-corrected chi connectivity index (χ2v) is 9.18. The molecule has 3 aromatic rings. The number of rotatable bonds is 4. The van der Waals surface area contributed by atoms with Gasteiger partial charge in [0.25, 0.3) is 11.6 Å². The van der Waals surface area contributed by atoms with Crippen molar-refractivity contribution in [2.75, 3.05) is 4.90 Å². The lowest BCUT2D eigenvalue weighted by Crippen LogP contribution is -2.27. The second-order valence-electron chi connectivity index (χ2n) is 7.50. The third-order valence-corrected chi connectivity index (χ3v) is 6.60. The van der Waals surface area contributed by atoms with Crippen LogP contribution in [0.5, 0.6) is 0 Å². The molecule has 6 nitrogen and oxygen atoms in total. The number of thiocarbonyl (C=S) groups is 1. The first-order valence-electron chi connectivity index (χ1n) is 9.86. The van der Waals surface area contributed by atoms with Gasteiger partial charge in [0.2, 0.25) is 0 Å². The van der Waals surface area contributed by atoms with Gasteiger partial charge in [-0.25, -0.2) is 0 Å². The van der Waals surface area contributed by atoms with Gasteiger partial charge in [-0.1, -0.05) is 30.0 Å². The van der Waals surface area contributed by atoms with E-state index >= 15 is 0 Å². The number of anilines is 1. The van der Waals surface area contributed by atoms with Crippen LogP contribution in [0, 0.1) is 24.0 Å². The summed E-state index contributed by atoms with van der Waals surface area (Å²) in [6, 6.07) is 12.3. The Balaban J connectivity index is 1.67. The molecule has 1 aliphatic rings. The van der Waals surface area contributed by atoms with E-state index < -0.39 is 16.7 Å². The van der Waals surface area contributed by atoms with Crippen LogP contribution in [0.15, 0.2) is 59.5 Å². The zero-order chi connectivity index (χ0) is 24.8. The largest absolute Gasteiger partial charge is 0.416 e. The van der Waals surface area contributed by atoms with Crippen LogP contribution >= 0.6 is 24.0 Å². The highest BCUT2D eigenvalue weighted by Crippen LogP contribution is 2.38. The maximum Gasteiger partial charge on any atom is 0.416 e. The Morgan fingerprint density at radius 3 is 2.35 bits per heavy atom. The minimum atomic E-state index is -4.46. The molecule has 1 aliphatic heterocycles. The molecule has 11 heteroatoms. The van der Waals surface area contributed by atoms with Crippen LogP contribution in [-0.2, 0) is 11.0 Å². The van der Waals surface area contributed by atoms with Gasteiger partial charge < -0.3 is 4.57 Å². The standard InChI is InChI=1S/C23H16F3N3O3S2/c1-13-10-15(14(2)27(13)19-5-3-4-16(12-19)23(24,25)26)11-20-21(30)28(22(33)34-20)17-6-8-18(9-7-17)29(31)32/h3-12H,1-2H3/b20-11+. The fourth-order valence-corrected chi connectivity index (χ4v) is 5.00. The van der Waals surface area contributed by atoms with Gasteiger partial charge in [-0.3, -0.25) is 19.8 Å². The van der Waals surface area contributed by atoms with E-state index in [1.54, 1.807) is 36.6 Å². The van der Waals surface area contributed by atoms with Crippen LogP contribution < -0.4 is 4.90 Å². The molecule has 4 rings (SSSR count). The number of halogens is 3. The molecule has 0 bridgehead atoms. The number of hydrogen-bond donors (Lipinski definition) is 0. The molecule has 1 aromatic heterocycles. The van der Waals surface area contributed by atoms with E-state index in [9.17, 15) is 28.1 Å². The lowest BCUT2D eigenvalue weighted by molar-refractivity contribution is -0.384. The van der Waals surface area contributed by atoms with Gasteiger partial charge in [-0.15, -0.1) is 0 Å². The van der Waals surface area contributed by atoms with E-state index in [0.717, 1.165) is 23.9 Å². The summed E-state index contributed by atoms with van der Waals surface area (Å²) in [7, 11) is 0. The highest BCUT2D eigenvalue weighted by atomic mass is 32.2. The topological polar surface area (TPSA) is 68.4 Å². The number of aryl methyl sites for hydroxylation is 1. The van der Waals surface area contributed by atoms with Crippen LogP contribution in [-0.4, -0.2) is 19.7 Å². The van der Waals surface area contributed by atoms with E-state index in [0.29, 0.717) is 33.2 Å². The van der Waals surface area contributed by atoms with Gasteiger partial charge >= 0.3 is 6.18 Å². The molecule has 34 heavy (non-hydrogen) atoms. The quantitative estimate of drug-likeness (QED) is 0.178. The molecule has 0 radical (unpaired) electrons. The van der Waals surface area contributed by atoms with E-state index in [-0.39, 0.29) is 15.9 Å². The molecule has 2 heterocycles. The molecule has 174 valence electrons. The Morgan fingerprint density at radius 1 is 1.06 bits per heavy atom. The normalized spacial score (nSPS) is 15.4. The predicted octanol–water partition coefficient (Wildman–Crippen LogP) is 6.43. The van der Waals surface area contributed by atoms with Gasteiger partial charge in [0.1, 0.15) is 0 Å². The van der Waals surface area contributed by atoms with Gasteiger partial charge in [0.15, 0.2) is 4.32 Å². The fraction of sp³-hybridized carbons (Fsp3) is 0.130. The number of alkyl halides is 3. The summed E-state index contributed by atoms with van der Waals surface area (Å²) in [5.41, 5.74) is 1.95. The summed E-state index contributed by atoms with van der Waals surface area (Å²) in [4.78, 5) is 25.0. The first-order valence-corrected chi connectivity index (χ1v) is 11.1. The summed E-state index contributed by atoms with van der Waals surface area (Å²) in [5, 5.41) is 10.9. The third-order valence-electron chi connectivity index (χ3n) is 5.30. The number of non-ortho nitro benzene ring substituents is 1. The monoisotopic (exact) mass is 503 g/mol. The van der Waals surface area contributed by atoms with Gasteiger partial charge in [-0.05, 0) is 61.9 Å². The second kappa shape index (κ2) is 8.73.